The predicted molar refractivity (Wildman–Crippen MR) is 133 cm³/mol. The van der Waals surface area contributed by atoms with Crippen molar-refractivity contribution in [2.24, 2.45) is 0 Å². The van der Waals surface area contributed by atoms with Gasteiger partial charge in [-0.3, -0.25) is 9.10 Å². The van der Waals surface area contributed by atoms with Crippen LogP contribution in [0.15, 0.2) is 65.6 Å². The van der Waals surface area contributed by atoms with E-state index in [1.807, 2.05) is 6.92 Å². The summed E-state index contributed by atoms with van der Waals surface area (Å²) in [5, 5.41) is 3.12. The number of amides is 1. The van der Waals surface area contributed by atoms with Gasteiger partial charge in [0.25, 0.3) is 10.0 Å². The second-order valence-corrected chi connectivity index (χ2v) is 10.2. The molecule has 0 fully saturated rings. The Morgan fingerprint density at radius 1 is 0.941 bits per heavy atom. The first-order valence-electron chi connectivity index (χ1n) is 10.1. The third kappa shape index (κ3) is 5.70. The standard InChI is InChI=1S/C24H22Cl2N2O5S/c1-15-4-9-19(10-5-15)34(31,32)28(18-8-6-16(2)22(26)13-18)14-23(29)27-17-7-11-21(25)20(12-17)24(30)33-3/h4-13H,14H2,1-3H3,(H,27,29). The first-order chi connectivity index (χ1) is 16.0. The number of nitrogens with zero attached hydrogens (tertiary/aromatic N) is 1. The van der Waals surface area contributed by atoms with Crippen LogP contribution in [0.2, 0.25) is 10.0 Å². The number of hydrogen-bond donors (Lipinski definition) is 1. The van der Waals surface area contributed by atoms with E-state index in [9.17, 15) is 18.0 Å². The molecule has 0 saturated heterocycles. The highest BCUT2D eigenvalue weighted by Gasteiger charge is 2.28. The number of carbonyl (C=O) groups excluding carboxylic acids is 2. The average molecular weight is 521 g/mol. The average Bonchev–Trinajstić information content (AvgIpc) is 2.80. The minimum atomic E-state index is -4.10. The highest BCUT2D eigenvalue weighted by Crippen LogP contribution is 2.28. The lowest BCUT2D eigenvalue weighted by molar-refractivity contribution is -0.114. The summed E-state index contributed by atoms with van der Waals surface area (Å²) in [6.07, 6.45) is 0. The molecule has 0 aliphatic heterocycles. The quantitative estimate of drug-likeness (QED) is 0.430. The van der Waals surface area contributed by atoms with Crippen molar-refractivity contribution < 1.29 is 22.7 Å². The second kappa shape index (κ2) is 10.5. The third-order valence-electron chi connectivity index (χ3n) is 5.00. The Balaban J connectivity index is 1.96. The van der Waals surface area contributed by atoms with E-state index in [2.05, 4.69) is 10.1 Å². The molecule has 0 aliphatic carbocycles. The van der Waals surface area contributed by atoms with Crippen LogP contribution in [0.5, 0.6) is 0 Å². The molecule has 3 rings (SSSR count). The van der Waals surface area contributed by atoms with Crippen LogP contribution in [0, 0.1) is 13.8 Å². The van der Waals surface area contributed by atoms with Crippen molar-refractivity contribution in [1.82, 2.24) is 0 Å². The van der Waals surface area contributed by atoms with Crippen LogP contribution in [0.3, 0.4) is 0 Å². The van der Waals surface area contributed by atoms with Gasteiger partial charge >= 0.3 is 5.97 Å². The first-order valence-corrected chi connectivity index (χ1v) is 12.3. The number of benzene rings is 3. The van der Waals surface area contributed by atoms with Crippen LogP contribution in [-0.4, -0.2) is 33.9 Å². The highest BCUT2D eigenvalue weighted by molar-refractivity contribution is 7.92. The van der Waals surface area contributed by atoms with Gasteiger partial charge in [0.1, 0.15) is 6.54 Å². The summed E-state index contributed by atoms with van der Waals surface area (Å²) in [5.41, 5.74) is 2.21. The monoisotopic (exact) mass is 520 g/mol. The predicted octanol–water partition coefficient (Wildman–Crippen LogP) is 5.23. The summed E-state index contributed by atoms with van der Waals surface area (Å²) in [7, 11) is -2.89. The van der Waals surface area contributed by atoms with E-state index in [4.69, 9.17) is 23.2 Å². The van der Waals surface area contributed by atoms with Crippen molar-refractivity contribution in [2.75, 3.05) is 23.3 Å². The molecule has 0 radical (unpaired) electrons. The van der Waals surface area contributed by atoms with Gasteiger partial charge < -0.3 is 10.1 Å². The zero-order valence-electron chi connectivity index (χ0n) is 18.6. The van der Waals surface area contributed by atoms with E-state index in [1.54, 1.807) is 31.2 Å². The smallest absolute Gasteiger partial charge is 0.339 e. The minimum Gasteiger partial charge on any atom is -0.465 e. The van der Waals surface area contributed by atoms with Gasteiger partial charge in [-0.25, -0.2) is 13.2 Å². The zero-order valence-corrected chi connectivity index (χ0v) is 21.0. The molecule has 3 aromatic rings. The number of halogens is 2. The molecular weight excluding hydrogens is 499 g/mol. The van der Waals surface area contributed by atoms with Crippen molar-refractivity contribution in [3.8, 4) is 0 Å². The number of sulfonamides is 1. The first kappa shape index (κ1) is 25.6. The van der Waals surface area contributed by atoms with E-state index >= 15 is 0 Å². The molecule has 0 heterocycles. The van der Waals surface area contributed by atoms with E-state index in [1.165, 1.54) is 43.5 Å². The van der Waals surface area contributed by atoms with E-state index in [0.29, 0.717) is 5.02 Å². The van der Waals surface area contributed by atoms with Gasteiger partial charge in [-0.05, 0) is 61.9 Å². The van der Waals surface area contributed by atoms with Crippen LogP contribution in [-0.2, 0) is 19.6 Å². The fourth-order valence-electron chi connectivity index (χ4n) is 3.09. The van der Waals surface area contributed by atoms with E-state index in [0.717, 1.165) is 15.4 Å². The normalized spacial score (nSPS) is 11.1. The molecule has 178 valence electrons. The topological polar surface area (TPSA) is 92.8 Å². The highest BCUT2D eigenvalue weighted by atomic mass is 35.5. The maximum atomic E-state index is 13.5. The van der Waals surface area contributed by atoms with Gasteiger partial charge in [-0.1, -0.05) is 47.0 Å². The number of nitrogens with one attached hydrogen (secondary N) is 1. The summed E-state index contributed by atoms with van der Waals surface area (Å²) in [6, 6.07) is 15.3. The molecule has 1 N–H and O–H groups in total. The van der Waals surface area contributed by atoms with Gasteiger partial charge in [0.2, 0.25) is 5.91 Å². The maximum Gasteiger partial charge on any atom is 0.339 e. The van der Waals surface area contributed by atoms with Crippen molar-refractivity contribution in [2.45, 2.75) is 18.7 Å². The molecule has 3 aromatic carbocycles. The molecule has 7 nitrogen and oxygen atoms in total. The lowest BCUT2D eigenvalue weighted by Gasteiger charge is -2.24. The summed E-state index contributed by atoms with van der Waals surface area (Å²) < 4.78 is 32.6. The Morgan fingerprint density at radius 2 is 1.62 bits per heavy atom. The lowest BCUT2D eigenvalue weighted by Crippen LogP contribution is -2.38. The molecule has 0 atom stereocenters. The van der Waals surface area contributed by atoms with Gasteiger partial charge in [0.15, 0.2) is 0 Å². The number of anilines is 2. The number of carbonyl (C=O) groups is 2. The Hall–Kier alpha value is -3.07. The molecule has 0 aliphatic rings. The summed E-state index contributed by atoms with van der Waals surface area (Å²) in [6.45, 7) is 3.10. The Morgan fingerprint density at radius 3 is 2.24 bits per heavy atom. The number of rotatable bonds is 7. The molecule has 34 heavy (non-hydrogen) atoms. The fourth-order valence-corrected chi connectivity index (χ4v) is 4.87. The molecular formula is C24H22Cl2N2O5S. The van der Waals surface area contributed by atoms with E-state index in [-0.39, 0.29) is 26.9 Å². The largest absolute Gasteiger partial charge is 0.465 e. The van der Waals surface area contributed by atoms with Gasteiger partial charge in [-0.2, -0.15) is 0 Å². The number of aryl methyl sites for hydroxylation is 2. The third-order valence-corrected chi connectivity index (χ3v) is 7.52. The fraction of sp³-hybridized carbons (Fsp3) is 0.167. The van der Waals surface area contributed by atoms with Crippen LogP contribution in [0.1, 0.15) is 21.5 Å². The van der Waals surface area contributed by atoms with Gasteiger partial charge in [0.05, 0.1) is 28.3 Å². The summed E-state index contributed by atoms with van der Waals surface area (Å²) >= 11 is 12.3. The molecule has 0 bridgehead atoms. The summed E-state index contributed by atoms with van der Waals surface area (Å²) in [4.78, 5) is 24.8. The Bertz CT molecular complexity index is 1340. The lowest BCUT2D eigenvalue weighted by atomic mass is 10.2. The van der Waals surface area contributed by atoms with Crippen molar-refractivity contribution in [1.29, 1.82) is 0 Å². The Kier molecular flexibility index (Phi) is 7.86. The number of esters is 1. The van der Waals surface area contributed by atoms with Crippen LogP contribution in [0.25, 0.3) is 0 Å². The SMILES string of the molecule is COC(=O)c1cc(NC(=O)CN(c2ccc(C)c(Cl)c2)S(=O)(=O)c2ccc(C)cc2)ccc1Cl. The number of methoxy groups -OCH3 is 1. The maximum absolute atomic E-state index is 13.5. The minimum absolute atomic E-state index is 0.0297. The molecule has 0 spiro atoms. The van der Waals surface area contributed by atoms with Crippen LogP contribution in [0.4, 0.5) is 11.4 Å². The van der Waals surface area contributed by atoms with E-state index < -0.39 is 28.4 Å². The molecule has 1 amide bonds. The van der Waals surface area contributed by atoms with Crippen LogP contribution < -0.4 is 9.62 Å². The number of ether oxygens (including phenoxy) is 1. The summed E-state index contributed by atoms with van der Waals surface area (Å²) in [5.74, 6) is -1.30. The Labute approximate surface area is 208 Å². The zero-order chi connectivity index (χ0) is 25.0. The van der Waals surface area contributed by atoms with Crippen molar-refractivity contribution >= 4 is 56.5 Å². The van der Waals surface area contributed by atoms with Crippen molar-refractivity contribution in [3.63, 3.8) is 0 Å². The number of hydrogen-bond acceptors (Lipinski definition) is 5. The van der Waals surface area contributed by atoms with Crippen molar-refractivity contribution in [3.05, 3.63) is 87.4 Å². The molecule has 0 saturated carbocycles. The molecule has 0 aromatic heterocycles. The molecule has 0 unspecified atom stereocenters. The second-order valence-electron chi connectivity index (χ2n) is 7.49. The van der Waals surface area contributed by atoms with Gasteiger partial charge in [-0.15, -0.1) is 0 Å². The van der Waals surface area contributed by atoms with Crippen LogP contribution >= 0.6 is 23.2 Å². The van der Waals surface area contributed by atoms with Gasteiger partial charge in [0, 0.05) is 10.7 Å². The molecule has 10 heteroatoms.